The number of aromatic nitrogens is 8. The Bertz CT molecular complexity index is 3270. The maximum atomic E-state index is 12.7. The molecule has 0 aliphatic carbocycles. The number of nitrogens with zero attached hydrogens (tertiary/aromatic N) is 6. The van der Waals surface area contributed by atoms with Gasteiger partial charge in [-0.15, -0.1) is 0 Å². The van der Waals surface area contributed by atoms with E-state index in [1.807, 2.05) is 0 Å². The van der Waals surface area contributed by atoms with Crippen LogP contribution in [0.3, 0.4) is 0 Å². The lowest BCUT2D eigenvalue weighted by Gasteiger charge is -2.08. The summed E-state index contributed by atoms with van der Waals surface area (Å²) < 4.78 is 69.5. The van der Waals surface area contributed by atoms with Crippen LogP contribution in [0.1, 0.15) is 19.8 Å². The Morgan fingerprint density at radius 2 is 1.13 bits per heavy atom. The van der Waals surface area contributed by atoms with Gasteiger partial charge in [-0.2, -0.15) is 16.8 Å². The normalized spacial score (nSPS) is 11.2. The lowest BCUT2D eigenvalue weighted by Crippen LogP contribution is -2.33. The number of H-pyrrole nitrogens is 2. The fraction of sp³-hybridized carbons (Fsp3) is 0.143. The topological polar surface area (TPSA) is 326 Å². The van der Waals surface area contributed by atoms with Crippen LogP contribution in [0.25, 0.3) is 33.4 Å². The third-order valence-corrected chi connectivity index (χ3v) is 11.7. The molecule has 8 aromatic rings. The molecule has 4 heterocycles. The highest BCUT2D eigenvalue weighted by Gasteiger charge is 2.20. The maximum absolute atomic E-state index is 12.7. The smallest absolute Gasteiger partial charge is 0.339 e. The zero-order valence-corrected chi connectivity index (χ0v) is 37.2. The molecule has 4 amide bonds. The van der Waals surface area contributed by atoms with Crippen molar-refractivity contribution in [2.24, 2.45) is 0 Å². The molecule has 0 bridgehead atoms. The molecular formula is C42H40N12O12S2. The molecule has 0 fully saturated rings. The number of esters is 1. The van der Waals surface area contributed by atoms with Gasteiger partial charge in [-0.3, -0.25) is 20.2 Å². The number of anilines is 2. The summed E-state index contributed by atoms with van der Waals surface area (Å²) in [6, 6.07) is 19.9. The molecule has 0 aliphatic heterocycles. The van der Waals surface area contributed by atoms with Crippen molar-refractivity contribution in [2.45, 2.75) is 29.6 Å². The Labute approximate surface area is 386 Å². The average Bonchev–Trinajstić information content (AvgIpc) is 4.16. The first-order valence-electron chi connectivity index (χ1n) is 20.2. The molecule has 7 N–H and O–H groups in total. The van der Waals surface area contributed by atoms with Gasteiger partial charge < -0.3 is 47.9 Å². The van der Waals surface area contributed by atoms with Crippen LogP contribution in [0.5, 0.6) is 11.5 Å². The summed E-state index contributed by atoms with van der Waals surface area (Å²) in [7, 11) is -8.16. The van der Waals surface area contributed by atoms with Crippen LogP contribution in [0.2, 0.25) is 0 Å². The van der Waals surface area contributed by atoms with E-state index in [0.29, 0.717) is 35.1 Å². The van der Waals surface area contributed by atoms with Gasteiger partial charge in [0, 0.05) is 61.3 Å². The minimum Gasteiger partial charge on any atom is -0.480 e. The van der Waals surface area contributed by atoms with Gasteiger partial charge >= 0.3 is 44.2 Å². The fourth-order valence-electron chi connectivity index (χ4n) is 6.07. The number of carboxylic acid groups (broad SMARTS) is 1. The van der Waals surface area contributed by atoms with E-state index >= 15 is 0 Å². The molecule has 0 spiro atoms. The summed E-state index contributed by atoms with van der Waals surface area (Å²) in [5.74, 6) is -1.16. The summed E-state index contributed by atoms with van der Waals surface area (Å²) >= 11 is 0. The number of nitrogens with one attached hydrogen (secondary N) is 6. The molecule has 0 aliphatic rings. The predicted molar refractivity (Wildman–Crippen MR) is 242 cm³/mol. The second kappa shape index (κ2) is 21.0. The summed E-state index contributed by atoms with van der Waals surface area (Å²) in [6.45, 7) is 1.78. The Balaban J connectivity index is 0.000000203. The molecular weight excluding hydrogens is 929 g/mol. The van der Waals surface area contributed by atoms with Crippen molar-refractivity contribution in [2.75, 3.05) is 30.3 Å². The van der Waals surface area contributed by atoms with E-state index in [4.69, 9.17) is 18.2 Å². The van der Waals surface area contributed by atoms with Gasteiger partial charge in [0.25, 0.3) is 0 Å². The zero-order valence-electron chi connectivity index (χ0n) is 35.5. The number of carbonyl (C=O) groups excluding carboxylic acids is 3. The van der Waals surface area contributed by atoms with Gasteiger partial charge in [-0.1, -0.05) is 0 Å². The number of hydrogen-bond donors (Lipinski definition) is 7. The number of benzene rings is 4. The second-order valence-corrected chi connectivity index (χ2v) is 17.1. The van der Waals surface area contributed by atoms with E-state index in [9.17, 15) is 36.0 Å². The number of aromatic amines is 2. The maximum Gasteiger partial charge on any atom is 0.339 e. The van der Waals surface area contributed by atoms with Gasteiger partial charge in [-0.25, -0.2) is 29.5 Å². The summed E-state index contributed by atoms with van der Waals surface area (Å²) in [4.78, 5) is 67.5. The Kier molecular flexibility index (Phi) is 14.6. The molecule has 0 saturated carbocycles. The number of carboxylic acids is 1. The molecule has 4 aromatic heterocycles. The van der Waals surface area contributed by atoms with Crippen LogP contribution >= 0.6 is 0 Å². The van der Waals surface area contributed by atoms with E-state index in [1.54, 1.807) is 83.8 Å². The fourth-order valence-corrected chi connectivity index (χ4v) is 7.92. The number of rotatable bonds is 17. The third-order valence-electron chi connectivity index (χ3n) is 9.19. The molecule has 8 rings (SSSR count). The standard InChI is InChI=1S/C23H24N6O6S.C19H16N6O6S/c1-2-34-21(30)4-3-11-25-23(31)28-22-26-19-10-7-17(14-20(19)27-22)35-36(32,33)18-8-5-16(6-9-18)29-13-12-24-15-29;26-17(27)10-21-19(28)24-18-22-15-6-3-13(9-16(15)23-18)31-32(29,30)14-4-1-12(2-5-14)25-8-7-20-11-25/h5-10,12-15H,2-4,11H2,1H3,(H3,25,26,27,28,31);1-9,11H,10H2,(H,26,27)(H3,21,22,23,24,28). The van der Waals surface area contributed by atoms with Crippen molar-refractivity contribution in [1.82, 2.24) is 49.7 Å². The highest BCUT2D eigenvalue weighted by molar-refractivity contribution is 7.87. The predicted octanol–water partition coefficient (Wildman–Crippen LogP) is 4.70. The molecule has 0 saturated heterocycles. The van der Waals surface area contributed by atoms with E-state index in [0.717, 1.165) is 11.4 Å². The lowest BCUT2D eigenvalue weighted by molar-refractivity contribution is -0.143. The van der Waals surface area contributed by atoms with Crippen LogP contribution in [-0.4, -0.2) is 105 Å². The lowest BCUT2D eigenvalue weighted by atomic mass is 10.3. The van der Waals surface area contributed by atoms with Gasteiger partial charge in [0.1, 0.15) is 27.8 Å². The van der Waals surface area contributed by atoms with Gasteiger partial charge in [0.05, 0.1) is 41.3 Å². The second-order valence-electron chi connectivity index (χ2n) is 14.0. The highest BCUT2D eigenvalue weighted by atomic mass is 32.2. The number of aliphatic carboxylic acids is 1. The average molecular weight is 969 g/mol. The first-order chi connectivity index (χ1) is 32.6. The van der Waals surface area contributed by atoms with E-state index in [2.05, 4.69) is 51.2 Å². The van der Waals surface area contributed by atoms with E-state index in [-0.39, 0.29) is 52.1 Å². The van der Waals surface area contributed by atoms with Crippen molar-refractivity contribution in [3.8, 4) is 22.9 Å². The molecule has 26 heteroatoms. The Morgan fingerprint density at radius 1 is 0.662 bits per heavy atom. The van der Waals surface area contributed by atoms with Crippen LogP contribution < -0.4 is 29.6 Å². The van der Waals surface area contributed by atoms with Gasteiger partial charge in [0.2, 0.25) is 11.9 Å². The van der Waals surface area contributed by atoms with Gasteiger partial charge in [-0.05, 0) is 86.1 Å². The molecule has 68 heavy (non-hydrogen) atoms. The van der Waals surface area contributed by atoms with Gasteiger partial charge in [0.15, 0.2) is 0 Å². The molecule has 0 unspecified atom stereocenters. The summed E-state index contributed by atoms with van der Waals surface area (Å²) in [6.07, 6.45) is 10.6. The number of hydrogen-bond acceptors (Lipinski definition) is 15. The Morgan fingerprint density at radius 3 is 1.56 bits per heavy atom. The van der Waals surface area contributed by atoms with Crippen molar-refractivity contribution in [1.29, 1.82) is 0 Å². The van der Waals surface area contributed by atoms with Crippen LogP contribution in [-0.2, 0) is 34.6 Å². The SMILES string of the molecule is CCOC(=O)CCCNC(=O)Nc1nc2ccc(OS(=O)(=O)c3ccc(-n4ccnc4)cc3)cc2[nH]1.O=C(O)CNC(=O)Nc1nc2ccc(OS(=O)(=O)c3ccc(-n4ccnc4)cc3)cc2[nH]1. The minimum atomic E-state index is -4.09. The summed E-state index contributed by atoms with van der Waals surface area (Å²) in [5, 5.41) is 18.2. The van der Waals surface area contributed by atoms with Crippen molar-refractivity contribution >= 4 is 78.2 Å². The number of amides is 4. The number of urea groups is 2. The number of ether oxygens (including phenoxy) is 1. The van der Waals surface area contributed by atoms with E-state index < -0.39 is 44.8 Å². The van der Waals surface area contributed by atoms with Crippen LogP contribution in [0.15, 0.2) is 132 Å². The molecule has 352 valence electrons. The monoisotopic (exact) mass is 968 g/mol. The molecule has 0 radical (unpaired) electrons. The van der Waals surface area contributed by atoms with Crippen LogP contribution in [0.4, 0.5) is 21.5 Å². The molecule has 0 atom stereocenters. The summed E-state index contributed by atoms with van der Waals surface area (Å²) in [5.41, 5.74) is 3.31. The number of imidazole rings is 4. The highest BCUT2D eigenvalue weighted by Crippen LogP contribution is 2.26. The van der Waals surface area contributed by atoms with Crippen molar-refractivity contribution < 1.29 is 54.2 Å². The minimum absolute atomic E-state index is 0.00180. The quantitative estimate of drug-likeness (QED) is 0.0369. The first-order valence-corrected chi connectivity index (χ1v) is 23.0. The number of carbonyl (C=O) groups is 4. The zero-order chi connectivity index (χ0) is 48.3. The first kappa shape index (κ1) is 47.2. The van der Waals surface area contributed by atoms with Crippen LogP contribution in [0, 0.1) is 0 Å². The molecule has 4 aromatic carbocycles. The van der Waals surface area contributed by atoms with E-state index in [1.165, 1.54) is 54.6 Å². The third kappa shape index (κ3) is 12.5. The number of fused-ring (bicyclic) bond motifs is 2. The van der Waals surface area contributed by atoms with Crippen molar-refractivity contribution in [3.63, 3.8) is 0 Å². The van der Waals surface area contributed by atoms with Crippen molar-refractivity contribution in [3.05, 3.63) is 122 Å². The Hall–Kier alpha value is -8.78. The largest absolute Gasteiger partial charge is 0.480 e. The molecule has 24 nitrogen and oxygen atoms in total.